The normalized spacial score (nSPS) is 10.7. The number of aryl methyl sites for hydroxylation is 1. The first kappa shape index (κ1) is 16.1. The molecule has 0 spiro atoms. The number of carbonyl (C=O) groups excluding carboxylic acids is 1. The molecule has 5 nitrogen and oxygen atoms in total. The molecule has 2 aromatic rings. The van der Waals surface area contributed by atoms with Gasteiger partial charge in [0.1, 0.15) is 12.2 Å². The van der Waals surface area contributed by atoms with Crippen molar-refractivity contribution in [1.29, 1.82) is 0 Å². The van der Waals surface area contributed by atoms with Crippen LogP contribution in [0.15, 0.2) is 41.0 Å². The minimum atomic E-state index is -0.241. The molecule has 2 N–H and O–H groups in total. The Labute approximate surface area is 130 Å². The van der Waals surface area contributed by atoms with Gasteiger partial charge in [0.05, 0.1) is 6.26 Å². The summed E-state index contributed by atoms with van der Waals surface area (Å²) in [7, 11) is 0. The quantitative estimate of drug-likeness (QED) is 0.771. The average molecular weight is 302 g/mol. The van der Waals surface area contributed by atoms with Gasteiger partial charge in [-0.3, -0.25) is 4.79 Å². The number of benzene rings is 1. The van der Waals surface area contributed by atoms with Gasteiger partial charge in [-0.25, -0.2) is 0 Å². The first-order chi connectivity index (χ1) is 10.6. The fourth-order valence-corrected chi connectivity index (χ4v) is 1.97. The van der Waals surface area contributed by atoms with Gasteiger partial charge in [-0.2, -0.15) is 0 Å². The number of anilines is 1. The third kappa shape index (κ3) is 4.36. The highest BCUT2D eigenvalue weighted by Gasteiger charge is 2.16. The van der Waals surface area contributed by atoms with Gasteiger partial charge >= 0.3 is 0 Å². The van der Waals surface area contributed by atoms with Gasteiger partial charge < -0.3 is 19.8 Å². The molecule has 0 unspecified atom stereocenters. The molecule has 1 heterocycles. The second kappa shape index (κ2) is 7.66. The molecule has 0 fully saturated rings. The molecule has 5 heteroatoms. The highest BCUT2D eigenvalue weighted by Crippen LogP contribution is 2.22. The van der Waals surface area contributed by atoms with Crippen LogP contribution in [0.4, 0.5) is 5.69 Å². The lowest BCUT2D eigenvalue weighted by Crippen LogP contribution is -2.27. The molecule has 0 radical (unpaired) electrons. The predicted molar refractivity (Wildman–Crippen MR) is 86.5 cm³/mol. The van der Waals surface area contributed by atoms with Crippen LogP contribution in [-0.2, 0) is 0 Å². The number of furan rings is 1. The Morgan fingerprint density at radius 2 is 2.05 bits per heavy atom. The molecule has 0 bridgehead atoms. The van der Waals surface area contributed by atoms with E-state index < -0.39 is 0 Å². The molecule has 22 heavy (non-hydrogen) atoms. The SMILES string of the molecule is Cc1ccccc1NC(=O)c1ccoc1OCCNC(C)C. The summed E-state index contributed by atoms with van der Waals surface area (Å²) in [6.07, 6.45) is 1.46. The third-order valence-corrected chi connectivity index (χ3v) is 3.16. The van der Waals surface area contributed by atoms with Crippen LogP contribution in [0.5, 0.6) is 5.95 Å². The van der Waals surface area contributed by atoms with E-state index in [-0.39, 0.29) is 11.9 Å². The summed E-state index contributed by atoms with van der Waals surface area (Å²) in [5.74, 6) is 0.00603. The number of amides is 1. The topological polar surface area (TPSA) is 63.5 Å². The largest absolute Gasteiger partial charge is 0.463 e. The lowest BCUT2D eigenvalue weighted by atomic mass is 10.2. The Morgan fingerprint density at radius 1 is 1.27 bits per heavy atom. The maximum atomic E-state index is 12.3. The van der Waals surface area contributed by atoms with Crippen LogP contribution in [0.2, 0.25) is 0 Å². The zero-order chi connectivity index (χ0) is 15.9. The van der Waals surface area contributed by atoms with E-state index in [1.165, 1.54) is 6.26 Å². The number of rotatable bonds is 7. The third-order valence-electron chi connectivity index (χ3n) is 3.16. The van der Waals surface area contributed by atoms with E-state index in [2.05, 4.69) is 24.5 Å². The van der Waals surface area contributed by atoms with Crippen LogP contribution in [0.25, 0.3) is 0 Å². The van der Waals surface area contributed by atoms with Gasteiger partial charge in [-0.05, 0) is 24.6 Å². The molecule has 1 aromatic carbocycles. The molecular weight excluding hydrogens is 280 g/mol. The summed E-state index contributed by atoms with van der Waals surface area (Å²) in [5, 5.41) is 6.10. The van der Waals surface area contributed by atoms with Crippen LogP contribution < -0.4 is 15.4 Å². The molecule has 0 aliphatic rings. The van der Waals surface area contributed by atoms with Crippen molar-refractivity contribution in [2.75, 3.05) is 18.5 Å². The van der Waals surface area contributed by atoms with Crippen molar-refractivity contribution in [3.8, 4) is 5.95 Å². The monoisotopic (exact) mass is 302 g/mol. The van der Waals surface area contributed by atoms with E-state index in [9.17, 15) is 4.79 Å². The number of hydrogen-bond acceptors (Lipinski definition) is 4. The first-order valence-electron chi connectivity index (χ1n) is 7.38. The predicted octanol–water partition coefficient (Wildman–Crippen LogP) is 3.22. The first-order valence-corrected chi connectivity index (χ1v) is 7.38. The Hall–Kier alpha value is -2.27. The highest BCUT2D eigenvalue weighted by molar-refractivity contribution is 6.06. The van der Waals surface area contributed by atoms with Gasteiger partial charge in [-0.1, -0.05) is 32.0 Å². The van der Waals surface area contributed by atoms with Crippen LogP contribution in [0, 0.1) is 6.92 Å². The fraction of sp³-hybridized carbons (Fsp3) is 0.353. The van der Waals surface area contributed by atoms with Crippen LogP contribution >= 0.6 is 0 Å². The van der Waals surface area contributed by atoms with Gasteiger partial charge in [-0.15, -0.1) is 0 Å². The van der Waals surface area contributed by atoms with Gasteiger partial charge in [0, 0.05) is 18.3 Å². The van der Waals surface area contributed by atoms with E-state index in [0.29, 0.717) is 24.8 Å². The average Bonchev–Trinajstić information content (AvgIpc) is 2.94. The van der Waals surface area contributed by atoms with Crippen molar-refractivity contribution in [3.05, 3.63) is 47.7 Å². The molecule has 118 valence electrons. The smallest absolute Gasteiger partial charge is 0.297 e. The molecule has 2 rings (SSSR count). The van der Waals surface area contributed by atoms with Crippen molar-refractivity contribution < 1.29 is 13.9 Å². The van der Waals surface area contributed by atoms with Crippen LogP contribution in [0.1, 0.15) is 29.8 Å². The molecule has 1 amide bonds. The second-order valence-electron chi connectivity index (χ2n) is 5.35. The van der Waals surface area contributed by atoms with E-state index in [0.717, 1.165) is 11.3 Å². The van der Waals surface area contributed by atoms with E-state index in [1.807, 2.05) is 31.2 Å². The zero-order valence-corrected chi connectivity index (χ0v) is 13.2. The lowest BCUT2D eigenvalue weighted by Gasteiger charge is -2.10. The Bertz CT molecular complexity index is 620. The van der Waals surface area contributed by atoms with Crippen molar-refractivity contribution in [2.24, 2.45) is 0 Å². The minimum absolute atomic E-state index is 0.241. The summed E-state index contributed by atoms with van der Waals surface area (Å²) >= 11 is 0. The van der Waals surface area contributed by atoms with Crippen molar-refractivity contribution >= 4 is 11.6 Å². The van der Waals surface area contributed by atoms with Gasteiger partial charge in [0.2, 0.25) is 0 Å². The van der Waals surface area contributed by atoms with Crippen LogP contribution in [-0.4, -0.2) is 25.1 Å². The van der Waals surface area contributed by atoms with Gasteiger partial charge in [0.15, 0.2) is 0 Å². The molecule has 0 saturated heterocycles. The van der Waals surface area contributed by atoms with Crippen molar-refractivity contribution in [1.82, 2.24) is 5.32 Å². The summed E-state index contributed by atoms with van der Waals surface area (Å²) < 4.78 is 10.8. The van der Waals surface area contributed by atoms with E-state index >= 15 is 0 Å². The standard InChI is InChI=1S/C17H22N2O3/c1-12(2)18-9-11-22-17-14(8-10-21-17)16(20)19-15-7-5-4-6-13(15)3/h4-8,10,12,18H,9,11H2,1-3H3,(H,19,20). The van der Waals surface area contributed by atoms with Crippen molar-refractivity contribution in [2.45, 2.75) is 26.8 Å². The number of ether oxygens (including phenoxy) is 1. The van der Waals surface area contributed by atoms with Crippen molar-refractivity contribution in [3.63, 3.8) is 0 Å². The zero-order valence-electron chi connectivity index (χ0n) is 13.2. The molecule has 0 atom stereocenters. The summed E-state index contributed by atoms with van der Waals surface area (Å²) in [6.45, 7) is 7.20. The molecule has 0 aliphatic carbocycles. The molecule has 1 aromatic heterocycles. The van der Waals surface area contributed by atoms with E-state index in [1.54, 1.807) is 6.07 Å². The maximum absolute atomic E-state index is 12.3. The molecule has 0 saturated carbocycles. The Morgan fingerprint density at radius 3 is 2.77 bits per heavy atom. The highest BCUT2D eigenvalue weighted by atomic mass is 16.6. The summed E-state index contributed by atoms with van der Waals surface area (Å²) in [4.78, 5) is 12.3. The Kier molecular flexibility index (Phi) is 5.61. The molecular formula is C17H22N2O3. The lowest BCUT2D eigenvalue weighted by molar-refractivity contribution is 0.101. The van der Waals surface area contributed by atoms with Crippen LogP contribution in [0.3, 0.4) is 0 Å². The number of hydrogen-bond donors (Lipinski definition) is 2. The number of para-hydroxylation sites is 1. The minimum Gasteiger partial charge on any atom is -0.463 e. The second-order valence-corrected chi connectivity index (χ2v) is 5.35. The van der Waals surface area contributed by atoms with E-state index in [4.69, 9.17) is 9.15 Å². The Balaban J connectivity index is 1.96. The fourth-order valence-electron chi connectivity index (χ4n) is 1.97. The molecule has 0 aliphatic heterocycles. The number of nitrogens with one attached hydrogen (secondary N) is 2. The van der Waals surface area contributed by atoms with Gasteiger partial charge in [0.25, 0.3) is 11.9 Å². The summed E-state index contributed by atoms with van der Waals surface area (Å²) in [5.41, 5.74) is 2.18. The number of carbonyl (C=O) groups is 1. The maximum Gasteiger partial charge on any atom is 0.297 e. The summed E-state index contributed by atoms with van der Waals surface area (Å²) in [6, 6.07) is 9.62.